The average Bonchev–Trinajstić information content (AvgIpc) is 3.00. The molecule has 0 atom stereocenters. The number of amides is 1. The van der Waals surface area contributed by atoms with Crippen LogP contribution in [0.4, 0.5) is 0 Å². The number of hydrogen-bond acceptors (Lipinski definition) is 5. The van der Waals surface area contributed by atoms with Gasteiger partial charge in [-0.1, -0.05) is 0 Å². The molecule has 8 nitrogen and oxygen atoms in total. The molecule has 0 radical (unpaired) electrons. The molecule has 0 aliphatic heterocycles. The normalized spacial score (nSPS) is 10.6. The van der Waals surface area contributed by atoms with Crippen molar-refractivity contribution in [1.29, 1.82) is 0 Å². The van der Waals surface area contributed by atoms with Gasteiger partial charge in [0.05, 0.1) is 6.42 Å². The Labute approximate surface area is 137 Å². The number of carbonyl (C=O) groups excluding carboxylic acids is 1. The van der Waals surface area contributed by atoms with E-state index in [4.69, 9.17) is 0 Å². The molecule has 3 heterocycles. The minimum Gasteiger partial charge on any atom is -0.273 e. The molecule has 24 heavy (non-hydrogen) atoms. The molecule has 3 aromatic heterocycles. The molecule has 0 aliphatic carbocycles. The van der Waals surface area contributed by atoms with Crippen LogP contribution in [0.15, 0.2) is 41.5 Å². The molecule has 2 N–H and O–H groups in total. The van der Waals surface area contributed by atoms with E-state index in [9.17, 15) is 9.59 Å². The molecule has 0 saturated carbocycles. The van der Waals surface area contributed by atoms with Gasteiger partial charge in [0.1, 0.15) is 5.82 Å². The predicted octanol–water partition coefficient (Wildman–Crippen LogP) is 0.958. The van der Waals surface area contributed by atoms with E-state index < -0.39 is 0 Å². The van der Waals surface area contributed by atoms with Crippen molar-refractivity contribution < 1.29 is 4.79 Å². The zero-order valence-electron chi connectivity index (χ0n) is 13.3. The summed E-state index contributed by atoms with van der Waals surface area (Å²) in [4.78, 5) is 32.3. The second-order valence-electron chi connectivity index (χ2n) is 5.40. The maximum Gasteiger partial charge on any atom is 0.269 e. The van der Waals surface area contributed by atoms with Crippen LogP contribution in [-0.2, 0) is 11.2 Å². The van der Waals surface area contributed by atoms with Crippen LogP contribution in [0.2, 0.25) is 0 Å². The number of H-pyrrole nitrogens is 1. The highest BCUT2D eigenvalue weighted by atomic mass is 16.2. The summed E-state index contributed by atoms with van der Waals surface area (Å²) in [6.45, 7) is 3.58. The second kappa shape index (κ2) is 6.45. The number of carbonyl (C=O) groups is 1. The van der Waals surface area contributed by atoms with E-state index in [2.05, 4.69) is 25.6 Å². The Morgan fingerprint density at radius 2 is 2.00 bits per heavy atom. The van der Waals surface area contributed by atoms with Crippen molar-refractivity contribution in [3.8, 4) is 11.4 Å². The lowest BCUT2D eigenvalue weighted by Crippen LogP contribution is -2.35. The first-order valence-electron chi connectivity index (χ1n) is 7.35. The van der Waals surface area contributed by atoms with Gasteiger partial charge in [0.15, 0.2) is 5.82 Å². The van der Waals surface area contributed by atoms with Crippen LogP contribution >= 0.6 is 0 Å². The Morgan fingerprint density at radius 1 is 1.25 bits per heavy atom. The van der Waals surface area contributed by atoms with E-state index in [1.54, 1.807) is 31.5 Å². The van der Waals surface area contributed by atoms with Crippen molar-refractivity contribution in [2.45, 2.75) is 20.3 Å². The van der Waals surface area contributed by atoms with Gasteiger partial charge in [-0.15, -0.1) is 0 Å². The highest BCUT2D eigenvalue weighted by Gasteiger charge is 2.11. The summed E-state index contributed by atoms with van der Waals surface area (Å²) >= 11 is 0. The van der Waals surface area contributed by atoms with Gasteiger partial charge in [0.25, 0.3) is 5.56 Å². The number of aromatic nitrogens is 5. The minimum atomic E-state index is -0.360. The quantitative estimate of drug-likeness (QED) is 0.743. The number of nitrogens with one attached hydrogen (secondary N) is 2. The van der Waals surface area contributed by atoms with Crippen molar-refractivity contribution >= 4 is 5.91 Å². The largest absolute Gasteiger partial charge is 0.273 e. The van der Waals surface area contributed by atoms with E-state index >= 15 is 0 Å². The lowest BCUT2D eigenvalue weighted by Gasteiger charge is -2.11. The topological polar surface area (TPSA) is 106 Å². The van der Waals surface area contributed by atoms with Gasteiger partial charge >= 0.3 is 0 Å². The first-order chi connectivity index (χ1) is 11.5. The van der Waals surface area contributed by atoms with Crippen LogP contribution < -0.4 is 11.0 Å². The Bertz CT molecular complexity index is 929. The number of nitrogens with zero attached hydrogens (tertiary/aromatic N) is 4. The van der Waals surface area contributed by atoms with Crippen LogP contribution in [0, 0.1) is 13.8 Å². The molecule has 0 fully saturated rings. The number of hydrogen-bond donors (Lipinski definition) is 2. The summed E-state index contributed by atoms with van der Waals surface area (Å²) in [5.74, 6) is 0.544. The third-order valence-corrected chi connectivity index (χ3v) is 3.40. The van der Waals surface area contributed by atoms with Crippen molar-refractivity contribution in [1.82, 2.24) is 24.8 Å². The fourth-order valence-corrected chi connectivity index (χ4v) is 2.33. The lowest BCUT2D eigenvalue weighted by molar-refractivity contribution is -0.116. The Hall–Kier alpha value is -3.29. The first kappa shape index (κ1) is 15.6. The number of pyridine rings is 2. The third-order valence-electron chi connectivity index (χ3n) is 3.40. The van der Waals surface area contributed by atoms with Crippen LogP contribution in [0.25, 0.3) is 11.4 Å². The van der Waals surface area contributed by atoms with Crippen LogP contribution in [0.5, 0.6) is 0 Å². The van der Waals surface area contributed by atoms with E-state index in [0.29, 0.717) is 17.3 Å². The lowest BCUT2D eigenvalue weighted by atomic mass is 10.2. The van der Waals surface area contributed by atoms with Crippen molar-refractivity contribution in [3.63, 3.8) is 0 Å². The standard InChI is InChI=1S/C16H16N6O2/c1-10-7-11(2)22(15(24)8-10)21-14(23)9-13-18-16(20-19-13)12-3-5-17-6-4-12/h3-8H,9H2,1-2H3,(H,21,23)(H,18,19,20). The van der Waals surface area contributed by atoms with E-state index in [0.717, 1.165) is 11.1 Å². The maximum atomic E-state index is 12.1. The zero-order valence-corrected chi connectivity index (χ0v) is 13.3. The van der Waals surface area contributed by atoms with Gasteiger partial charge < -0.3 is 0 Å². The number of aryl methyl sites for hydroxylation is 2. The molecule has 3 rings (SSSR count). The van der Waals surface area contributed by atoms with E-state index in [1.165, 1.54) is 10.7 Å². The van der Waals surface area contributed by atoms with E-state index in [1.807, 2.05) is 13.0 Å². The van der Waals surface area contributed by atoms with Gasteiger partial charge in [-0.25, -0.2) is 9.66 Å². The highest BCUT2D eigenvalue weighted by Crippen LogP contribution is 2.12. The molecular weight excluding hydrogens is 308 g/mol. The monoisotopic (exact) mass is 324 g/mol. The summed E-state index contributed by atoms with van der Waals surface area (Å²) in [7, 11) is 0. The van der Waals surface area contributed by atoms with Gasteiger partial charge in [-0.3, -0.25) is 25.1 Å². The Kier molecular flexibility index (Phi) is 4.19. The first-order valence-corrected chi connectivity index (χ1v) is 7.35. The molecule has 0 aliphatic rings. The fourth-order valence-electron chi connectivity index (χ4n) is 2.33. The highest BCUT2D eigenvalue weighted by molar-refractivity contribution is 5.85. The zero-order chi connectivity index (χ0) is 17.1. The molecule has 0 spiro atoms. The average molecular weight is 324 g/mol. The minimum absolute atomic E-state index is 0.0160. The molecular formula is C16H16N6O2. The van der Waals surface area contributed by atoms with Crippen LogP contribution in [0.1, 0.15) is 17.1 Å². The van der Waals surface area contributed by atoms with Gasteiger partial charge in [0.2, 0.25) is 5.91 Å². The van der Waals surface area contributed by atoms with E-state index in [-0.39, 0.29) is 17.9 Å². The van der Waals surface area contributed by atoms with Crippen molar-refractivity contribution in [2.75, 3.05) is 5.43 Å². The van der Waals surface area contributed by atoms with Crippen molar-refractivity contribution in [3.05, 3.63) is 64.1 Å². The van der Waals surface area contributed by atoms with Crippen LogP contribution in [0.3, 0.4) is 0 Å². The van der Waals surface area contributed by atoms with Gasteiger partial charge in [-0.05, 0) is 37.6 Å². The summed E-state index contributed by atoms with van der Waals surface area (Å²) in [5, 5.41) is 6.81. The molecule has 122 valence electrons. The third kappa shape index (κ3) is 3.37. The molecule has 8 heteroatoms. The number of aromatic amines is 1. The Balaban J connectivity index is 1.72. The summed E-state index contributed by atoms with van der Waals surface area (Å²) < 4.78 is 1.22. The van der Waals surface area contributed by atoms with Gasteiger partial charge in [0, 0.05) is 29.7 Å². The smallest absolute Gasteiger partial charge is 0.269 e. The molecule has 3 aromatic rings. The second-order valence-corrected chi connectivity index (χ2v) is 5.40. The summed E-state index contributed by atoms with van der Waals surface area (Å²) in [6.07, 6.45) is 3.27. The Morgan fingerprint density at radius 3 is 2.71 bits per heavy atom. The molecule has 1 amide bonds. The maximum absolute atomic E-state index is 12.1. The summed E-state index contributed by atoms with van der Waals surface area (Å²) in [6, 6.07) is 6.84. The molecule has 0 aromatic carbocycles. The SMILES string of the molecule is Cc1cc(C)n(NC(=O)Cc2nc(-c3ccncc3)n[nH]2)c(=O)c1. The van der Waals surface area contributed by atoms with Gasteiger partial charge in [-0.2, -0.15) is 5.10 Å². The summed E-state index contributed by atoms with van der Waals surface area (Å²) in [5.41, 5.74) is 4.60. The van der Waals surface area contributed by atoms with Crippen LogP contribution in [-0.4, -0.2) is 30.7 Å². The number of rotatable bonds is 4. The molecule has 0 saturated heterocycles. The predicted molar refractivity (Wildman–Crippen MR) is 87.9 cm³/mol. The molecule has 0 bridgehead atoms. The van der Waals surface area contributed by atoms with Crippen molar-refractivity contribution in [2.24, 2.45) is 0 Å². The fraction of sp³-hybridized carbons (Fsp3) is 0.188. The molecule has 0 unspecified atom stereocenters.